The molecule has 5 rings (SSSR count). The number of nitrogens with zero attached hydrogens (tertiary/aromatic N) is 5. The zero-order valence-electron chi connectivity index (χ0n) is 17.1. The molecule has 0 radical (unpaired) electrons. The van der Waals surface area contributed by atoms with Gasteiger partial charge in [-0.3, -0.25) is 4.79 Å². The summed E-state index contributed by atoms with van der Waals surface area (Å²) in [5, 5.41) is 7.39. The lowest BCUT2D eigenvalue weighted by Gasteiger charge is -2.26. The molecule has 0 unspecified atom stereocenters. The van der Waals surface area contributed by atoms with Gasteiger partial charge in [-0.05, 0) is 36.4 Å². The molecule has 1 amide bonds. The van der Waals surface area contributed by atoms with Gasteiger partial charge in [-0.2, -0.15) is 14.6 Å². The molecule has 1 aliphatic heterocycles. The van der Waals surface area contributed by atoms with Crippen LogP contribution in [0.1, 0.15) is 10.4 Å². The third-order valence-corrected chi connectivity index (χ3v) is 5.46. The quantitative estimate of drug-likeness (QED) is 0.486. The standard InChI is InChI=1S/C22H17ClF2N6O2/c23-15-12-26-31-20(15)28-19(18-16(24)2-1-3-17(18)25)29-22(31)27-14-6-4-13(5-7-14)21(32)30-8-10-33-11-9-30/h1-7,12H,8-11H2,(H,27,28,29). The maximum atomic E-state index is 14.4. The van der Waals surface area contributed by atoms with Crippen LogP contribution in [0, 0.1) is 11.6 Å². The summed E-state index contributed by atoms with van der Waals surface area (Å²) < 4.78 is 35.3. The fraction of sp³-hybridized carbons (Fsp3) is 0.182. The number of morpholine rings is 1. The number of anilines is 2. The number of hydrogen-bond acceptors (Lipinski definition) is 6. The second-order valence-corrected chi connectivity index (χ2v) is 7.71. The van der Waals surface area contributed by atoms with Gasteiger partial charge in [-0.15, -0.1) is 0 Å². The van der Waals surface area contributed by atoms with Crippen LogP contribution in [-0.4, -0.2) is 56.7 Å². The third kappa shape index (κ3) is 4.10. The molecule has 0 aliphatic carbocycles. The van der Waals surface area contributed by atoms with Crippen molar-refractivity contribution in [3.05, 3.63) is 70.9 Å². The number of nitrogens with one attached hydrogen (secondary N) is 1. The largest absolute Gasteiger partial charge is 0.378 e. The number of ether oxygens (including phenoxy) is 1. The predicted octanol–water partition coefficient (Wildman–Crippen LogP) is 3.94. The Bertz CT molecular complexity index is 1320. The van der Waals surface area contributed by atoms with Crippen LogP contribution >= 0.6 is 11.6 Å². The van der Waals surface area contributed by atoms with Crippen molar-refractivity contribution in [2.24, 2.45) is 0 Å². The third-order valence-electron chi connectivity index (χ3n) is 5.20. The van der Waals surface area contributed by atoms with Crippen molar-refractivity contribution < 1.29 is 18.3 Å². The number of hydrogen-bond donors (Lipinski definition) is 1. The van der Waals surface area contributed by atoms with Crippen molar-refractivity contribution in [2.75, 3.05) is 31.6 Å². The number of carbonyl (C=O) groups is 1. The summed E-state index contributed by atoms with van der Waals surface area (Å²) in [6.07, 6.45) is 1.36. The molecule has 168 valence electrons. The Kier molecular flexibility index (Phi) is 5.61. The van der Waals surface area contributed by atoms with Gasteiger partial charge in [0.1, 0.15) is 16.7 Å². The average molecular weight is 471 g/mol. The Morgan fingerprint density at radius 1 is 1.03 bits per heavy atom. The molecular formula is C22H17ClF2N6O2. The lowest BCUT2D eigenvalue weighted by atomic mass is 10.1. The summed E-state index contributed by atoms with van der Waals surface area (Å²) >= 11 is 6.18. The van der Waals surface area contributed by atoms with Crippen LogP contribution in [0.3, 0.4) is 0 Å². The molecule has 0 saturated carbocycles. The van der Waals surface area contributed by atoms with E-state index in [1.54, 1.807) is 29.2 Å². The van der Waals surface area contributed by atoms with Gasteiger partial charge in [0, 0.05) is 24.3 Å². The van der Waals surface area contributed by atoms with Crippen LogP contribution in [0.4, 0.5) is 20.4 Å². The number of rotatable bonds is 4. The maximum Gasteiger partial charge on any atom is 0.254 e. The maximum absolute atomic E-state index is 14.4. The van der Waals surface area contributed by atoms with Gasteiger partial charge in [0.25, 0.3) is 5.91 Å². The van der Waals surface area contributed by atoms with E-state index in [1.807, 2.05) is 0 Å². The summed E-state index contributed by atoms with van der Waals surface area (Å²) in [6.45, 7) is 2.14. The van der Waals surface area contributed by atoms with Crippen LogP contribution < -0.4 is 5.32 Å². The number of aromatic nitrogens is 4. The van der Waals surface area contributed by atoms with Crippen molar-refractivity contribution in [1.29, 1.82) is 0 Å². The minimum Gasteiger partial charge on any atom is -0.378 e. The smallest absolute Gasteiger partial charge is 0.254 e. The van der Waals surface area contributed by atoms with E-state index >= 15 is 0 Å². The molecule has 1 fully saturated rings. The van der Waals surface area contributed by atoms with E-state index in [2.05, 4.69) is 20.4 Å². The molecule has 0 bridgehead atoms. The number of benzene rings is 2. The Balaban J connectivity index is 1.48. The zero-order chi connectivity index (χ0) is 22.9. The monoisotopic (exact) mass is 470 g/mol. The Labute approximate surface area is 191 Å². The summed E-state index contributed by atoms with van der Waals surface area (Å²) in [5.74, 6) is -1.71. The minimum atomic E-state index is -0.799. The van der Waals surface area contributed by atoms with E-state index in [1.165, 1.54) is 16.8 Å². The molecule has 1 saturated heterocycles. The van der Waals surface area contributed by atoms with E-state index in [4.69, 9.17) is 16.3 Å². The number of fused-ring (bicyclic) bond motifs is 1. The van der Waals surface area contributed by atoms with Gasteiger partial charge in [0.2, 0.25) is 5.95 Å². The first-order valence-corrected chi connectivity index (χ1v) is 10.5. The SMILES string of the molecule is O=C(c1ccc(Nc2nc(-c3c(F)cccc3F)nc3c(Cl)cnn23)cc1)N1CCOCC1. The van der Waals surface area contributed by atoms with Gasteiger partial charge < -0.3 is 15.0 Å². The molecule has 33 heavy (non-hydrogen) atoms. The van der Waals surface area contributed by atoms with Crippen molar-refractivity contribution in [3.63, 3.8) is 0 Å². The summed E-state index contributed by atoms with van der Waals surface area (Å²) in [6, 6.07) is 10.3. The van der Waals surface area contributed by atoms with Crippen molar-refractivity contribution in [3.8, 4) is 11.4 Å². The predicted molar refractivity (Wildman–Crippen MR) is 118 cm³/mol. The minimum absolute atomic E-state index is 0.0783. The molecular weight excluding hydrogens is 454 g/mol. The first kappa shape index (κ1) is 21.2. The highest BCUT2D eigenvalue weighted by atomic mass is 35.5. The molecule has 0 atom stereocenters. The molecule has 1 aliphatic rings. The van der Waals surface area contributed by atoms with Crippen LogP contribution in [0.25, 0.3) is 17.0 Å². The first-order chi connectivity index (χ1) is 16.0. The molecule has 1 N–H and O–H groups in total. The number of carbonyl (C=O) groups excluding carboxylic acids is 1. The van der Waals surface area contributed by atoms with E-state index in [0.29, 0.717) is 37.6 Å². The fourth-order valence-corrected chi connectivity index (χ4v) is 3.70. The van der Waals surface area contributed by atoms with E-state index in [-0.39, 0.29) is 33.9 Å². The van der Waals surface area contributed by atoms with Crippen molar-refractivity contribution >= 4 is 34.8 Å². The van der Waals surface area contributed by atoms with Crippen molar-refractivity contribution in [1.82, 2.24) is 24.5 Å². The molecule has 2 aromatic carbocycles. The Hall–Kier alpha value is -3.63. The average Bonchev–Trinajstić information content (AvgIpc) is 3.20. The zero-order valence-corrected chi connectivity index (χ0v) is 17.9. The number of amides is 1. The Morgan fingerprint density at radius 2 is 1.73 bits per heavy atom. The second kappa shape index (κ2) is 8.72. The molecule has 4 aromatic rings. The van der Waals surface area contributed by atoms with Crippen molar-refractivity contribution in [2.45, 2.75) is 0 Å². The lowest BCUT2D eigenvalue weighted by molar-refractivity contribution is 0.0303. The molecule has 2 aromatic heterocycles. The van der Waals surface area contributed by atoms with Gasteiger partial charge >= 0.3 is 0 Å². The van der Waals surface area contributed by atoms with Crippen LogP contribution in [0.2, 0.25) is 5.02 Å². The van der Waals surface area contributed by atoms with E-state index in [0.717, 1.165) is 12.1 Å². The van der Waals surface area contributed by atoms with Crippen LogP contribution in [0.5, 0.6) is 0 Å². The van der Waals surface area contributed by atoms with E-state index < -0.39 is 11.6 Å². The van der Waals surface area contributed by atoms with Gasteiger partial charge in [-0.25, -0.2) is 13.8 Å². The Morgan fingerprint density at radius 3 is 2.42 bits per heavy atom. The second-order valence-electron chi connectivity index (χ2n) is 7.30. The highest BCUT2D eigenvalue weighted by molar-refractivity contribution is 6.33. The first-order valence-electron chi connectivity index (χ1n) is 10.1. The lowest BCUT2D eigenvalue weighted by Crippen LogP contribution is -2.40. The molecule has 8 nitrogen and oxygen atoms in total. The van der Waals surface area contributed by atoms with Gasteiger partial charge in [0.05, 0.1) is 25.0 Å². The van der Waals surface area contributed by atoms with Crippen LogP contribution in [-0.2, 0) is 4.74 Å². The molecule has 0 spiro atoms. The molecule has 11 heteroatoms. The topological polar surface area (TPSA) is 84.7 Å². The fourth-order valence-electron chi connectivity index (χ4n) is 3.53. The van der Waals surface area contributed by atoms with Crippen LogP contribution in [0.15, 0.2) is 48.7 Å². The highest BCUT2D eigenvalue weighted by Gasteiger charge is 2.20. The molecule has 3 heterocycles. The number of halogens is 3. The summed E-state index contributed by atoms with van der Waals surface area (Å²) in [5.41, 5.74) is 0.935. The summed E-state index contributed by atoms with van der Waals surface area (Å²) in [7, 11) is 0. The van der Waals surface area contributed by atoms with Gasteiger partial charge in [-0.1, -0.05) is 17.7 Å². The highest BCUT2D eigenvalue weighted by Crippen LogP contribution is 2.28. The van der Waals surface area contributed by atoms with E-state index in [9.17, 15) is 13.6 Å². The van der Waals surface area contributed by atoms with Gasteiger partial charge in [0.15, 0.2) is 11.5 Å². The normalized spacial score (nSPS) is 14.0. The summed E-state index contributed by atoms with van der Waals surface area (Å²) in [4.78, 5) is 22.9.